The van der Waals surface area contributed by atoms with E-state index in [1.54, 1.807) is 60.7 Å². The number of nitrogens with zero attached hydrogens (tertiary/aromatic N) is 3. The Balaban J connectivity index is 2.05. The van der Waals surface area contributed by atoms with E-state index in [0.717, 1.165) is 0 Å². The minimum atomic E-state index is -1.20. The molecule has 1 unspecified atom stereocenters. The number of para-hydroxylation sites is 3. The van der Waals surface area contributed by atoms with Crippen LogP contribution in [0.25, 0.3) is 11.4 Å². The largest absolute Gasteiger partial charge is 0.858 e. The van der Waals surface area contributed by atoms with Crippen LogP contribution in [0.4, 0.5) is 0 Å². The number of aromatic nitrogens is 2. The predicted molar refractivity (Wildman–Crippen MR) is 106 cm³/mol. The summed E-state index contributed by atoms with van der Waals surface area (Å²) in [5, 5.41) is 33.4. The van der Waals surface area contributed by atoms with E-state index < -0.39 is 17.4 Å². The number of phenols is 1. The Morgan fingerprint density at radius 2 is 1.34 bits per heavy atom. The van der Waals surface area contributed by atoms with Gasteiger partial charge < -0.3 is 10.2 Å². The number of hydrogen-bond acceptors (Lipinski definition) is 4. The Morgan fingerprint density at radius 3 is 1.90 bits per heavy atom. The first kappa shape index (κ1) is 18.1. The van der Waals surface area contributed by atoms with Crippen LogP contribution in [-0.2, 0) is 0 Å². The van der Waals surface area contributed by atoms with Gasteiger partial charge in [0.15, 0.2) is 0 Å². The highest BCUT2D eigenvalue weighted by Crippen LogP contribution is 2.34. The molecule has 1 N–H and O–H groups in total. The van der Waals surface area contributed by atoms with Crippen LogP contribution in [0.2, 0.25) is 0 Å². The van der Waals surface area contributed by atoms with Gasteiger partial charge in [-0.2, -0.15) is 5.26 Å². The monoisotopic (exact) mass is 382 g/mol. The molecule has 0 radical (unpaired) electrons. The molecule has 0 fully saturated rings. The number of rotatable bonds is 4. The molecule has 6 heteroatoms. The van der Waals surface area contributed by atoms with E-state index >= 15 is 0 Å². The molecule has 0 aliphatic rings. The zero-order valence-electron chi connectivity index (χ0n) is 15.3. The maximum atomic E-state index is 13.4. The number of benzene rings is 3. The first-order valence-corrected chi connectivity index (χ1v) is 8.96. The molecule has 4 aromatic rings. The van der Waals surface area contributed by atoms with Crippen molar-refractivity contribution in [2.75, 3.05) is 0 Å². The maximum absolute atomic E-state index is 13.4. The van der Waals surface area contributed by atoms with Gasteiger partial charge in [-0.3, -0.25) is 9.48 Å². The van der Waals surface area contributed by atoms with Crippen molar-refractivity contribution < 1.29 is 10.2 Å². The lowest BCUT2D eigenvalue weighted by molar-refractivity contribution is -0.279. The highest BCUT2D eigenvalue weighted by atomic mass is 16.3. The predicted octanol–water partition coefficient (Wildman–Crippen LogP) is 3.06. The summed E-state index contributed by atoms with van der Waals surface area (Å²) >= 11 is 0. The Hall–Kier alpha value is -4.24. The highest BCUT2D eigenvalue weighted by molar-refractivity contribution is 5.51. The van der Waals surface area contributed by atoms with E-state index in [-0.39, 0.29) is 16.9 Å². The first-order chi connectivity index (χ1) is 14.1. The molecule has 29 heavy (non-hydrogen) atoms. The second-order valence-corrected chi connectivity index (χ2v) is 6.44. The van der Waals surface area contributed by atoms with Gasteiger partial charge in [0.25, 0.3) is 5.56 Å². The van der Waals surface area contributed by atoms with Crippen molar-refractivity contribution in [1.82, 2.24) is 9.36 Å². The Morgan fingerprint density at radius 1 is 0.828 bits per heavy atom. The first-order valence-electron chi connectivity index (χ1n) is 8.96. The van der Waals surface area contributed by atoms with Crippen LogP contribution in [0.1, 0.15) is 17.0 Å². The molecule has 1 heterocycles. The number of nitriles is 1. The zero-order valence-corrected chi connectivity index (χ0v) is 15.3. The fraction of sp³-hybridized carbons (Fsp3) is 0.0435. The molecule has 0 amide bonds. The lowest BCUT2D eigenvalue weighted by atomic mass is 9.93. The second kappa shape index (κ2) is 7.41. The molecule has 0 aliphatic carbocycles. The molecule has 0 spiro atoms. The van der Waals surface area contributed by atoms with Crippen molar-refractivity contribution in [2.45, 2.75) is 5.92 Å². The van der Waals surface area contributed by atoms with Gasteiger partial charge in [0.1, 0.15) is 11.7 Å². The molecule has 3 aromatic carbocycles. The van der Waals surface area contributed by atoms with Gasteiger partial charge in [-0.25, -0.2) is 4.68 Å². The summed E-state index contributed by atoms with van der Waals surface area (Å²) in [4.78, 5) is 13.4. The summed E-state index contributed by atoms with van der Waals surface area (Å²) in [6, 6.07) is 25.8. The normalized spacial score (nSPS) is 11.7. The third-order valence-electron chi connectivity index (χ3n) is 4.71. The topological polar surface area (TPSA) is 94.0 Å². The fourth-order valence-electron chi connectivity index (χ4n) is 3.37. The van der Waals surface area contributed by atoms with Gasteiger partial charge in [-0.05, 0) is 36.2 Å². The van der Waals surface area contributed by atoms with Crippen molar-refractivity contribution in [2.24, 2.45) is 0 Å². The van der Waals surface area contributed by atoms with Crippen LogP contribution in [0.15, 0.2) is 89.7 Å². The van der Waals surface area contributed by atoms with Crippen LogP contribution in [0.5, 0.6) is 11.6 Å². The van der Waals surface area contributed by atoms with Crippen molar-refractivity contribution in [3.8, 4) is 29.1 Å². The van der Waals surface area contributed by atoms with Crippen LogP contribution in [-0.4, -0.2) is 14.5 Å². The minimum absolute atomic E-state index is 0.142. The van der Waals surface area contributed by atoms with E-state index in [1.807, 2.05) is 18.2 Å². The molecule has 142 valence electrons. The molecular formula is C23H16N3O3-. The summed E-state index contributed by atoms with van der Waals surface area (Å²) in [6.45, 7) is 0. The molecule has 0 saturated carbocycles. The Kier molecular flexibility index (Phi) is 4.63. The number of hydrogen-bond donors (Lipinski definition) is 1. The summed E-state index contributed by atoms with van der Waals surface area (Å²) in [7, 11) is 0. The summed E-state index contributed by atoms with van der Waals surface area (Å²) < 4.78 is 2.52. The SMILES string of the molecule is N#CC(c1ccccc1O)c1c([O-])n(-c2ccccc2)n(-c2ccccc2)c1=O. The van der Waals surface area contributed by atoms with Gasteiger partial charge in [0, 0.05) is 5.56 Å². The third kappa shape index (κ3) is 3.05. The molecule has 0 aliphatic heterocycles. The lowest BCUT2D eigenvalue weighted by Gasteiger charge is -2.19. The Labute approximate surface area is 166 Å². The van der Waals surface area contributed by atoms with Crippen molar-refractivity contribution in [3.63, 3.8) is 0 Å². The highest BCUT2D eigenvalue weighted by Gasteiger charge is 2.26. The molecule has 1 atom stereocenters. The number of phenolic OH excluding ortho intramolecular Hbond substituents is 1. The molecule has 1 aromatic heterocycles. The summed E-state index contributed by atoms with van der Waals surface area (Å²) in [5.41, 5.74) is 0.411. The smallest absolute Gasteiger partial charge is 0.275 e. The average molecular weight is 382 g/mol. The standard InChI is InChI=1S/C23H17N3O3/c24-15-19(18-13-7-8-14-20(18)27)21-22(28)25(16-9-3-1-4-10-16)26(23(21)29)17-11-5-2-6-12-17/h1-14,19,27-28H/p-1. The van der Waals surface area contributed by atoms with Gasteiger partial charge in [0.05, 0.1) is 23.0 Å². The van der Waals surface area contributed by atoms with Crippen molar-refractivity contribution >= 4 is 0 Å². The average Bonchev–Trinajstić information content (AvgIpc) is 3.02. The van der Waals surface area contributed by atoms with Gasteiger partial charge in [0.2, 0.25) is 0 Å². The summed E-state index contributed by atoms with van der Waals surface area (Å²) in [6.07, 6.45) is 0. The van der Waals surface area contributed by atoms with Crippen molar-refractivity contribution in [1.29, 1.82) is 5.26 Å². The molecule has 4 rings (SSSR count). The molecule has 6 nitrogen and oxygen atoms in total. The van der Waals surface area contributed by atoms with E-state index in [0.29, 0.717) is 11.4 Å². The van der Waals surface area contributed by atoms with Gasteiger partial charge >= 0.3 is 0 Å². The fourth-order valence-corrected chi connectivity index (χ4v) is 3.37. The van der Waals surface area contributed by atoms with Crippen LogP contribution in [0, 0.1) is 11.3 Å². The Bertz CT molecular complexity index is 1250. The van der Waals surface area contributed by atoms with E-state index in [9.17, 15) is 20.3 Å². The van der Waals surface area contributed by atoms with Crippen LogP contribution < -0.4 is 10.7 Å². The lowest BCUT2D eigenvalue weighted by Crippen LogP contribution is -2.22. The molecular weight excluding hydrogens is 366 g/mol. The van der Waals surface area contributed by atoms with Gasteiger partial charge in [-0.15, -0.1) is 0 Å². The zero-order chi connectivity index (χ0) is 20.4. The van der Waals surface area contributed by atoms with Crippen LogP contribution >= 0.6 is 0 Å². The number of aromatic hydroxyl groups is 1. The van der Waals surface area contributed by atoms with E-state index in [4.69, 9.17) is 0 Å². The quantitative estimate of drug-likeness (QED) is 0.587. The minimum Gasteiger partial charge on any atom is -0.858 e. The molecule has 0 saturated heterocycles. The van der Waals surface area contributed by atoms with E-state index in [2.05, 4.69) is 0 Å². The van der Waals surface area contributed by atoms with Gasteiger partial charge in [-0.1, -0.05) is 54.6 Å². The molecule has 0 bridgehead atoms. The second-order valence-electron chi connectivity index (χ2n) is 6.44. The third-order valence-corrected chi connectivity index (χ3v) is 4.71. The van der Waals surface area contributed by atoms with E-state index in [1.165, 1.54) is 21.5 Å². The van der Waals surface area contributed by atoms with Crippen molar-refractivity contribution in [3.05, 3.63) is 106 Å². The summed E-state index contributed by atoms with van der Waals surface area (Å²) in [5.74, 6) is -1.94. The maximum Gasteiger partial charge on any atom is 0.275 e. The van der Waals surface area contributed by atoms with Crippen LogP contribution in [0.3, 0.4) is 0 Å².